The molecule has 1 aliphatic carbocycles. The van der Waals surface area contributed by atoms with E-state index in [1.54, 1.807) is 18.3 Å². The average Bonchev–Trinajstić information content (AvgIpc) is 3.37. The third kappa shape index (κ3) is 3.70. The Kier molecular flexibility index (Phi) is 5.63. The van der Waals surface area contributed by atoms with Crippen LogP contribution in [0.15, 0.2) is 47.4 Å². The highest BCUT2D eigenvalue weighted by molar-refractivity contribution is 5.80. The van der Waals surface area contributed by atoms with E-state index in [4.69, 9.17) is 0 Å². The van der Waals surface area contributed by atoms with Crippen LogP contribution in [-0.4, -0.2) is 44.7 Å². The molecule has 1 saturated carbocycles. The van der Waals surface area contributed by atoms with E-state index in [1.807, 2.05) is 28.8 Å². The minimum Gasteiger partial charge on any atom is -0.396 e. The summed E-state index contributed by atoms with van der Waals surface area (Å²) in [5, 5.41) is 13.4. The number of hydrogen-bond donors (Lipinski definition) is 2. The van der Waals surface area contributed by atoms with Crippen LogP contribution in [0.3, 0.4) is 0 Å². The minimum absolute atomic E-state index is 0.00574. The first-order chi connectivity index (χ1) is 15.2. The molecule has 5 rings (SSSR count). The molecule has 0 spiro atoms. The summed E-state index contributed by atoms with van der Waals surface area (Å²) >= 11 is 0. The highest BCUT2D eigenvalue weighted by atomic mass is 16.3. The highest BCUT2D eigenvalue weighted by Gasteiger charge is 2.55. The van der Waals surface area contributed by atoms with E-state index < -0.39 is 5.92 Å². The van der Waals surface area contributed by atoms with Gasteiger partial charge in [-0.25, -0.2) is 0 Å². The highest BCUT2D eigenvalue weighted by Crippen LogP contribution is 2.49. The van der Waals surface area contributed by atoms with Crippen LogP contribution in [0.4, 0.5) is 0 Å². The number of aromatic nitrogens is 2. The third-order valence-electron chi connectivity index (χ3n) is 7.46. The number of fused-ring (bicyclic) bond motifs is 4. The van der Waals surface area contributed by atoms with Gasteiger partial charge < -0.3 is 15.0 Å². The monoisotopic (exact) mass is 422 g/mol. The van der Waals surface area contributed by atoms with Crippen molar-refractivity contribution in [1.82, 2.24) is 19.8 Å². The molecule has 2 aromatic rings. The van der Waals surface area contributed by atoms with Crippen molar-refractivity contribution in [2.24, 2.45) is 17.8 Å². The molecule has 2 fully saturated rings. The molecule has 0 aromatic carbocycles. The van der Waals surface area contributed by atoms with Crippen LogP contribution in [0, 0.1) is 17.8 Å². The average molecular weight is 423 g/mol. The Labute approximate surface area is 182 Å². The Bertz CT molecular complexity index is 986. The summed E-state index contributed by atoms with van der Waals surface area (Å²) in [5.74, 6) is -0.0369. The molecule has 0 unspecified atom stereocenters. The predicted octanol–water partition coefficient (Wildman–Crippen LogP) is 1.71. The number of carbonyl (C=O) groups is 1. The van der Waals surface area contributed by atoms with Gasteiger partial charge in [-0.1, -0.05) is 25.0 Å². The maximum atomic E-state index is 13.4. The number of rotatable bonds is 6. The predicted molar refractivity (Wildman–Crippen MR) is 116 cm³/mol. The summed E-state index contributed by atoms with van der Waals surface area (Å²) in [6, 6.07) is 10.8. The first-order valence-electron chi connectivity index (χ1n) is 11.4. The van der Waals surface area contributed by atoms with Gasteiger partial charge in [0.2, 0.25) is 5.91 Å². The van der Waals surface area contributed by atoms with Crippen LogP contribution >= 0.6 is 0 Å². The van der Waals surface area contributed by atoms with E-state index in [1.165, 1.54) is 25.7 Å². The lowest BCUT2D eigenvalue weighted by Gasteiger charge is -2.39. The quantitative estimate of drug-likeness (QED) is 0.740. The fraction of sp³-hybridized carbons (Fsp3) is 0.542. The number of nitrogens with one attached hydrogen (secondary N) is 1. The SMILES string of the molecule is O=C(NCc1ccccn1)[C@@H]1[C@@H](CO)[C@@H]2Cn3c(cccc3=O)[C@H]1N2CC1CCCC1. The Morgan fingerprint density at radius 3 is 2.74 bits per heavy atom. The van der Waals surface area contributed by atoms with Crippen LogP contribution in [0.5, 0.6) is 0 Å². The molecule has 7 nitrogen and oxygen atoms in total. The van der Waals surface area contributed by atoms with Gasteiger partial charge in [-0.15, -0.1) is 0 Å². The van der Waals surface area contributed by atoms with Crippen LogP contribution in [0.2, 0.25) is 0 Å². The molecule has 3 aliphatic rings. The fourth-order valence-corrected chi connectivity index (χ4v) is 6.01. The molecular formula is C24H30N4O3. The maximum absolute atomic E-state index is 13.4. The lowest BCUT2D eigenvalue weighted by molar-refractivity contribution is -0.127. The first kappa shape index (κ1) is 20.4. The van der Waals surface area contributed by atoms with Crippen molar-refractivity contribution in [3.05, 3.63) is 64.3 Å². The molecule has 4 atom stereocenters. The largest absolute Gasteiger partial charge is 0.396 e. The lowest BCUT2D eigenvalue weighted by atomic mass is 9.86. The second-order valence-electron chi connectivity index (χ2n) is 9.17. The summed E-state index contributed by atoms with van der Waals surface area (Å²) in [4.78, 5) is 32.8. The van der Waals surface area contributed by atoms with Gasteiger partial charge in [-0.3, -0.25) is 19.5 Å². The maximum Gasteiger partial charge on any atom is 0.250 e. The van der Waals surface area contributed by atoms with Crippen molar-refractivity contribution in [2.75, 3.05) is 13.2 Å². The number of hydrogen-bond acceptors (Lipinski definition) is 5. The number of aliphatic hydroxyl groups is 1. The van der Waals surface area contributed by atoms with Gasteiger partial charge in [0.25, 0.3) is 5.56 Å². The Morgan fingerprint density at radius 1 is 1.16 bits per heavy atom. The first-order valence-corrected chi connectivity index (χ1v) is 11.4. The topological polar surface area (TPSA) is 87.5 Å². The van der Waals surface area contributed by atoms with Crippen LogP contribution < -0.4 is 10.9 Å². The van der Waals surface area contributed by atoms with Crippen molar-refractivity contribution in [3.8, 4) is 0 Å². The van der Waals surface area contributed by atoms with Gasteiger partial charge in [-0.2, -0.15) is 0 Å². The van der Waals surface area contributed by atoms with Gasteiger partial charge in [0, 0.05) is 49.6 Å². The van der Waals surface area contributed by atoms with Gasteiger partial charge in [-0.05, 0) is 37.0 Å². The summed E-state index contributed by atoms with van der Waals surface area (Å²) in [6.07, 6.45) is 6.69. The molecule has 2 aromatic heterocycles. The van der Waals surface area contributed by atoms with Crippen LogP contribution in [0.1, 0.15) is 43.1 Å². The molecule has 1 saturated heterocycles. The molecule has 1 amide bonds. The van der Waals surface area contributed by atoms with Crippen molar-refractivity contribution in [3.63, 3.8) is 0 Å². The number of amides is 1. The molecule has 0 radical (unpaired) electrons. The summed E-state index contributed by atoms with van der Waals surface area (Å²) < 4.78 is 1.81. The lowest BCUT2D eigenvalue weighted by Crippen LogP contribution is -2.47. The van der Waals surface area contributed by atoms with E-state index in [-0.39, 0.29) is 36.1 Å². The number of carbonyl (C=O) groups excluding carboxylic acids is 1. The number of aliphatic hydroxyl groups excluding tert-OH is 1. The Hall–Kier alpha value is -2.51. The molecule has 2 N–H and O–H groups in total. The minimum atomic E-state index is -0.393. The summed E-state index contributed by atoms with van der Waals surface area (Å²) in [6.45, 7) is 1.76. The van der Waals surface area contributed by atoms with E-state index in [0.29, 0.717) is 19.0 Å². The Morgan fingerprint density at radius 2 is 2.00 bits per heavy atom. The zero-order chi connectivity index (χ0) is 21.4. The van der Waals surface area contributed by atoms with E-state index in [9.17, 15) is 14.7 Å². The van der Waals surface area contributed by atoms with Gasteiger partial charge in [0.1, 0.15) is 0 Å². The van der Waals surface area contributed by atoms with Gasteiger partial charge in [0.15, 0.2) is 0 Å². The Balaban J connectivity index is 1.47. The zero-order valence-corrected chi connectivity index (χ0v) is 17.7. The smallest absolute Gasteiger partial charge is 0.250 e. The molecular weight excluding hydrogens is 392 g/mol. The molecule has 31 heavy (non-hydrogen) atoms. The van der Waals surface area contributed by atoms with Gasteiger partial charge >= 0.3 is 0 Å². The van der Waals surface area contributed by atoms with Crippen molar-refractivity contribution < 1.29 is 9.90 Å². The van der Waals surface area contributed by atoms with Crippen LogP contribution in [0.25, 0.3) is 0 Å². The fourth-order valence-electron chi connectivity index (χ4n) is 6.01. The zero-order valence-electron chi connectivity index (χ0n) is 17.7. The second kappa shape index (κ2) is 8.55. The summed E-state index contributed by atoms with van der Waals surface area (Å²) in [7, 11) is 0. The van der Waals surface area contributed by atoms with E-state index in [2.05, 4.69) is 15.2 Å². The van der Waals surface area contributed by atoms with E-state index in [0.717, 1.165) is 17.9 Å². The summed E-state index contributed by atoms with van der Waals surface area (Å²) in [5.41, 5.74) is 1.67. The number of pyridine rings is 2. The molecule has 2 aliphatic heterocycles. The van der Waals surface area contributed by atoms with Gasteiger partial charge in [0.05, 0.1) is 24.2 Å². The van der Waals surface area contributed by atoms with Crippen LogP contribution in [-0.2, 0) is 17.9 Å². The molecule has 4 heterocycles. The van der Waals surface area contributed by atoms with Crippen molar-refractivity contribution in [2.45, 2.75) is 50.9 Å². The van der Waals surface area contributed by atoms with E-state index >= 15 is 0 Å². The molecule has 7 heteroatoms. The molecule has 2 bridgehead atoms. The molecule has 164 valence electrons. The van der Waals surface area contributed by atoms with Crippen molar-refractivity contribution >= 4 is 5.91 Å². The standard InChI is InChI=1S/C24H30N4O3/c29-15-18-20-14-27-19(9-5-10-21(27)30)23(28(20)13-16-6-1-2-7-16)22(18)24(31)26-12-17-8-3-4-11-25-17/h3-5,8-11,16,18,20,22-23,29H,1-2,6-7,12-15H2,(H,26,31)/t18-,20-,22+,23+/m0/s1. The van der Waals surface area contributed by atoms with Crippen molar-refractivity contribution in [1.29, 1.82) is 0 Å². The normalized spacial score (nSPS) is 27.9. The third-order valence-corrected chi connectivity index (χ3v) is 7.46. The number of nitrogens with zero attached hydrogens (tertiary/aromatic N) is 3. The second-order valence-corrected chi connectivity index (χ2v) is 9.17.